The molecule has 0 amide bonds. The second kappa shape index (κ2) is 9.17. The number of rotatable bonds is 5. The van der Waals surface area contributed by atoms with Gasteiger partial charge in [-0.2, -0.15) is 10.2 Å². The summed E-state index contributed by atoms with van der Waals surface area (Å²) in [5, 5.41) is 16.1. The van der Waals surface area contributed by atoms with E-state index in [1.54, 1.807) is 6.33 Å². The summed E-state index contributed by atoms with van der Waals surface area (Å²) in [6.07, 6.45) is 8.32. The van der Waals surface area contributed by atoms with Gasteiger partial charge in [0.05, 0.1) is 6.33 Å². The van der Waals surface area contributed by atoms with Crippen LogP contribution in [0.5, 0.6) is 0 Å². The number of aromatic amines is 1. The van der Waals surface area contributed by atoms with Gasteiger partial charge in [-0.25, -0.2) is 14.6 Å². The van der Waals surface area contributed by atoms with Crippen LogP contribution >= 0.6 is 0 Å². The van der Waals surface area contributed by atoms with E-state index in [9.17, 15) is 0 Å². The highest BCUT2D eigenvalue weighted by Gasteiger charge is 2.26. The first-order valence-electron chi connectivity index (χ1n) is 9.84. The van der Waals surface area contributed by atoms with Crippen LogP contribution in [-0.4, -0.2) is 46.1 Å². The molecule has 3 aromatic heterocycles. The zero-order valence-electron chi connectivity index (χ0n) is 16.4. The van der Waals surface area contributed by atoms with Crippen molar-refractivity contribution in [3.63, 3.8) is 0 Å². The zero-order valence-corrected chi connectivity index (χ0v) is 16.4. The Labute approximate surface area is 173 Å². The van der Waals surface area contributed by atoms with E-state index in [0.717, 1.165) is 55.3 Å². The van der Waals surface area contributed by atoms with Crippen LogP contribution in [0.4, 0.5) is 0 Å². The van der Waals surface area contributed by atoms with Crippen molar-refractivity contribution in [2.24, 2.45) is 0 Å². The van der Waals surface area contributed by atoms with Crippen LogP contribution in [0.15, 0.2) is 55.1 Å². The summed E-state index contributed by atoms with van der Waals surface area (Å²) in [4.78, 5) is 20.6. The minimum Gasteiger partial charge on any atom is -0.483 e. The molecule has 4 heterocycles. The molecule has 0 spiro atoms. The van der Waals surface area contributed by atoms with E-state index >= 15 is 0 Å². The Morgan fingerprint density at radius 3 is 2.83 bits per heavy atom. The number of H-pyrrole nitrogens is 1. The van der Waals surface area contributed by atoms with Gasteiger partial charge in [0.15, 0.2) is 5.82 Å². The highest BCUT2D eigenvalue weighted by molar-refractivity contribution is 5.54. The van der Waals surface area contributed by atoms with E-state index in [4.69, 9.17) is 20.0 Å². The molecule has 0 bridgehead atoms. The van der Waals surface area contributed by atoms with Crippen molar-refractivity contribution in [3.8, 4) is 11.4 Å². The molecule has 0 fully saturated rings. The lowest BCUT2D eigenvalue weighted by Crippen LogP contribution is -2.22. The fourth-order valence-electron chi connectivity index (χ4n) is 3.77. The predicted octanol–water partition coefficient (Wildman–Crippen LogP) is 2.54. The lowest BCUT2D eigenvalue weighted by molar-refractivity contribution is -0.122. The number of carboxylic acid groups (broad SMARTS) is 1. The molecule has 5 rings (SSSR count). The van der Waals surface area contributed by atoms with Crippen molar-refractivity contribution < 1.29 is 9.90 Å². The van der Waals surface area contributed by atoms with Crippen molar-refractivity contribution in [2.75, 3.05) is 0 Å². The number of nitrogens with zero attached hydrogens (tertiary/aromatic N) is 6. The molecular weight excluding hydrogens is 382 g/mol. The van der Waals surface area contributed by atoms with Crippen LogP contribution in [0.25, 0.3) is 11.4 Å². The Kier molecular flexibility index (Phi) is 5.98. The molecule has 0 aliphatic carbocycles. The molecule has 1 unspecified atom stereocenters. The van der Waals surface area contributed by atoms with Crippen molar-refractivity contribution in [2.45, 2.75) is 38.3 Å². The second-order valence-corrected chi connectivity index (χ2v) is 7.05. The number of aromatic nitrogens is 7. The van der Waals surface area contributed by atoms with E-state index < -0.39 is 0 Å². The zero-order chi connectivity index (χ0) is 20.8. The third kappa shape index (κ3) is 4.29. The molecule has 0 radical (unpaired) electrons. The van der Waals surface area contributed by atoms with E-state index in [0.29, 0.717) is 5.92 Å². The fraction of sp³-hybridized carbons (Fsp3) is 0.286. The number of carbonyl (C=O) groups is 1. The number of benzene rings is 1. The SMILES string of the molecule is O=CO.c1ccc(-c2nc(C3CCn4nccc4C3)n(CCc3cnc[nH]3)n2)cc1. The summed E-state index contributed by atoms with van der Waals surface area (Å²) in [7, 11) is 0. The maximum atomic E-state index is 8.36. The van der Waals surface area contributed by atoms with Gasteiger partial charge in [0.2, 0.25) is 0 Å². The van der Waals surface area contributed by atoms with Crippen LogP contribution in [0.1, 0.15) is 29.6 Å². The van der Waals surface area contributed by atoms with Gasteiger partial charge in [-0.15, -0.1) is 0 Å². The first kappa shape index (κ1) is 19.6. The molecule has 30 heavy (non-hydrogen) atoms. The molecule has 1 atom stereocenters. The summed E-state index contributed by atoms with van der Waals surface area (Å²) in [6.45, 7) is 1.47. The summed E-state index contributed by atoms with van der Waals surface area (Å²) >= 11 is 0. The van der Waals surface area contributed by atoms with E-state index in [-0.39, 0.29) is 6.47 Å². The number of hydrogen-bond acceptors (Lipinski definition) is 5. The van der Waals surface area contributed by atoms with Crippen LogP contribution in [-0.2, 0) is 30.7 Å². The van der Waals surface area contributed by atoms with Crippen LogP contribution < -0.4 is 0 Å². The van der Waals surface area contributed by atoms with Gasteiger partial charge >= 0.3 is 0 Å². The maximum absolute atomic E-state index is 8.36. The van der Waals surface area contributed by atoms with Crippen molar-refractivity contribution in [3.05, 3.63) is 72.3 Å². The lowest BCUT2D eigenvalue weighted by Gasteiger charge is -2.23. The molecule has 1 aliphatic heterocycles. The molecule has 2 N–H and O–H groups in total. The molecule has 9 nitrogen and oxygen atoms in total. The topological polar surface area (TPSA) is 115 Å². The van der Waals surface area contributed by atoms with Gasteiger partial charge in [-0.3, -0.25) is 9.48 Å². The van der Waals surface area contributed by atoms with Gasteiger partial charge < -0.3 is 10.1 Å². The predicted molar refractivity (Wildman–Crippen MR) is 110 cm³/mol. The highest BCUT2D eigenvalue weighted by atomic mass is 16.3. The van der Waals surface area contributed by atoms with Crippen LogP contribution in [0.3, 0.4) is 0 Å². The number of imidazole rings is 1. The number of hydrogen-bond donors (Lipinski definition) is 2. The molecule has 0 saturated carbocycles. The third-order valence-corrected chi connectivity index (χ3v) is 5.19. The maximum Gasteiger partial charge on any atom is 0.290 e. The van der Waals surface area contributed by atoms with E-state index in [2.05, 4.69) is 42.6 Å². The molecule has 1 aliphatic rings. The molecule has 4 aromatic rings. The minimum absolute atomic E-state index is 0.250. The standard InChI is InChI=1S/C20H21N7.CH2O2/c1-2-4-15(5-3-1)19-24-20(16-7-10-26-18(12-16)6-9-23-26)27(25-19)11-8-17-13-21-14-22-17;2-1-3/h1-6,9,13-14,16H,7-8,10-12H2,(H,21,22);1H,(H,2,3). The van der Waals surface area contributed by atoms with Gasteiger partial charge in [0.1, 0.15) is 5.82 Å². The largest absolute Gasteiger partial charge is 0.483 e. The minimum atomic E-state index is -0.250. The van der Waals surface area contributed by atoms with Crippen molar-refractivity contribution in [1.82, 2.24) is 34.5 Å². The fourth-order valence-corrected chi connectivity index (χ4v) is 3.77. The van der Waals surface area contributed by atoms with Gasteiger partial charge in [-0.1, -0.05) is 30.3 Å². The van der Waals surface area contributed by atoms with E-state index in [1.807, 2.05) is 30.6 Å². The summed E-state index contributed by atoms with van der Waals surface area (Å²) in [5.41, 5.74) is 3.44. The number of aryl methyl sites for hydroxylation is 3. The van der Waals surface area contributed by atoms with Crippen molar-refractivity contribution >= 4 is 6.47 Å². The van der Waals surface area contributed by atoms with Crippen LogP contribution in [0, 0.1) is 0 Å². The first-order valence-corrected chi connectivity index (χ1v) is 9.84. The molecule has 9 heteroatoms. The van der Waals surface area contributed by atoms with Gasteiger partial charge in [0.25, 0.3) is 6.47 Å². The first-order chi connectivity index (χ1) is 14.8. The average Bonchev–Trinajstić information content (AvgIpc) is 3.53. The van der Waals surface area contributed by atoms with Crippen molar-refractivity contribution in [1.29, 1.82) is 0 Å². The second-order valence-electron chi connectivity index (χ2n) is 7.05. The van der Waals surface area contributed by atoms with Crippen LogP contribution in [0.2, 0.25) is 0 Å². The molecular formula is C21H23N7O2. The highest BCUT2D eigenvalue weighted by Crippen LogP contribution is 2.29. The molecule has 0 saturated heterocycles. The van der Waals surface area contributed by atoms with Gasteiger partial charge in [0, 0.05) is 54.8 Å². The molecule has 1 aromatic carbocycles. The summed E-state index contributed by atoms with van der Waals surface area (Å²) < 4.78 is 4.18. The normalized spacial score (nSPS) is 15.1. The molecule has 154 valence electrons. The van der Waals surface area contributed by atoms with Gasteiger partial charge in [-0.05, 0) is 18.9 Å². The smallest absolute Gasteiger partial charge is 0.290 e. The number of nitrogens with one attached hydrogen (secondary N) is 1. The lowest BCUT2D eigenvalue weighted by atomic mass is 9.95. The number of fused-ring (bicyclic) bond motifs is 1. The quantitative estimate of drug-likeness (QED) is 0.493. The monoisotopic (exact) mass is 405 g/mol. The third-order valence-electron chi connectivity index (χ3n) is 5.19. The Hall–Kier alpha value is -3.75. The Morgan fingerprint density at radius 2 is 2.07 bits per heavy atom. The average molecular weight is 405 g/mol. The summed E-state index contributed by atoms with van der Waals surface area (Å²) in [5.74, 6) is 2.23. The Balaban J connectivity index is 0.000000687. The summed E-state index contributed by atoms with van der Waals surface area (Å²) in [6, 6.07) is 12.3. The Morgan fingerprint density at radius 1 is 1.23 bits per heavy atom. The Bertz CT molecular complexity index is 1070. The van der Waals surface area contributed by atoms with E-state index in [1.165, 1.54) is 5.69 Å².